The van der Waals surface area contributed by atoms with E-state index in [4.69, 9.17) is 25.8 Å². The van der Waals surface area contributed by atoms with Crippen LogP contribution in [0.1, 0.15) is 44.3 Å². The number of fused-ring (bicyclic) bond motifs is 1. The smallest absolute Gasteiger partial charge is 0.273 e. The number of aryl methyl sites for hydroxylation is 1. The maximum atomic E-state index is 13.9. The van der Waals surface area contributed by atoms with E-state index in [0.29, 0.717) is 41.8 Å². The summed E-state index contributed by atoms with van der Waals surface area (Å²) in [6.45, 7) is 2.99. The van der Waals surface area contributed by atoms with Crippen molar-refractivity contribution in [2.24, 2.45) is 0 Å². The summed E-state index contributed by atoms with van der Waals surface area (Å²) in [7, 11) is 3.24. The fourth-order valence-corrected chi connectivity index (χ4v) is 5.61. The van der Waals surface area contributed by atoms with Crippen molar-refractivity contribution < 1.29 is 19.0 Å². The van der Waals surface area contributed by atoms with Gasteiger partial charge in [0, 0.05) is 22.7 Å². The van der Waals surface area contributed by atoms with Gasteiger partial charge in [-0.1, -0.05) is 71.8 Å². The number of ether oxygens (including phenoxy) is 3. The molecule has 0 spiro atoms. The molecule has 6 rings (SSSR count). The summed E-state index contributed by atoms with van der Waals surface area (Å²) >= 11 is 6.01. The van der Waals surface area contributed by atoms with Crippen LogP contribution in [0.15, 0.2) is 91.0 Å². The second-order valence-electron chi connectivity index (χ2n) is 10.6. The zero-order valence-electron chi connectivity index (χ0n) is 24.3. The van der Waals surface area contributed by atoms with Crippen molar-refractivity contribution >= 4 is 17.5 Å². The minimum Gasteiger partial charge on any atom is -0.493 e. The molecule has 2 heterocycles. The summed E-state index contributed by atoms with van der Waals surface area (Å²) < 4.78 is 16.9. The van der Waals surface area contributed by atoms with E-state index in [1.165, 1.54) is 0 Å². The standard InChI is InChI=1S/C35H32ClN3O4/c1-22-4-9-25(10-5-22)32-31-33(38-37-32)35(40)39(19-18-23-8-17-29(41-2)30(20-23)42-3)34(31)26-11-15-28(16-12-26)43-21-24-6-13-27(36)14-7-24/h4-17,20,34H,18-19,21H2,1-3H3,(H,37,38). The molecule has 43 heavy (non-hydrogen) atoms. The molecule has 5 aromatic rings. The molecule has 0 bridgehead atoms. The Morgan fingerprint density at radius 1 is 0.860 bits per heavy atom. The maximum absolute atomic E-state index is 13.9. The number of nitrogens with one attached hydrogen (secondary N) is 1. The largest absolute Gasteiger partial charge is 0.493 e. The van der Waals surface area contributed by atoms with Crippen LogP contribution in [0.2, 0.25) is 5.02 Å². The van der Waals surface area contributed by atoms with Crippen molar-refractivity contribution in [1.29, 1.82) is 0 Å². The van der Waals surface area contributed by atoms with Crippen LogP contribution < -0.4 is 14.2 Å². The summed E-state index contributed by atoms with van der Waals surface area (Å²) in [5.41, 5.74) is 7.37. The first-order valence-electron chi connectivity index (χ1n) is 14.1. The molecule has 0 saturated carbocycles. The molecular formula is C35H32ClN3O4. The third-order valence-electron chi connectivity index (χ3n) is 7.79. The van der Waals surface area contributed by atoms with Crippen LogP contribution >= 0.6 is 11.6 Å². The van der Waals surface area contributed by atoms with Crippen LogP contribution in [0, 0.1) is 6.92 Å². The van der Waals surface area contributed by atoms with E-state index in [-0.39, 0.29) is 11.9 Å². The molecule has 1 aliphatic rings. The molecular weight excluding hydrogens is 562 g/mol. The SMILES string of the molecule is COc1ccc(CCN2C(=O)c3[nH]nc(-c4ccc(C)cc4)c3C2c2ccc(OCc3ccc(Cl)cc3)cc2)cc1OC. The third-order valence-corrected chi connectivity index (χ3v) is 8.04. The molecule has 0 radical (unpaired) electrons. The lowest BCUT2D eigenvalue weighted by Gasteiger charge is -2.27. The summed E-state index contributed by atoms with van der Waals surface area (Å²) in [6.07, 6.45) is 0.641. The van der Waals surface area contributed by atoms with Gasteiger partial charge in [-0.25, -0.2) is 0 Å². The number of aromatic nitrogens is 2. The number of hydrogen-bond donors (Lipinski definition) is 1. The van der Waals surface area contributed by atoms with E-state index in [2.05, 4.69) is 29.3 Å². The predicted octanol–water partition coefficient (Wildman–Crippen LogP) is 7.42. The van der Waals surface area contributed by atoms with E-state index in [1.807, 2.05) is 83.8 Å². The monoisotopic (exact) mass is 593 g/mol. The zero-order chi connectivity index (χ0) is 29.9. The number of H-pyrrole nitrogens is 1. The van der Waals surface area contributed by atoms with Crippen molar-refractivity contribution in [1.82, 2.24) is 15.1 Å². The number of benzene rings is 4. The minimum absolute atomic E-state index is 0.0746. The van der Waals surface area contributed by atoms with Gasteiger partial charge in [-0.2, -0.15) is 5.10 Å². The molecule has 1 amide bonds. The van der Waals surface area contributed by atoms with E-state index in [9.17, 15) is 4.79 Å². The average molecular weight is 594 g/mol. The Bertz CT molecular complexity index is 1730. The minimum atomic E-state index is -0.317. The molecule has 0 saturated heterocycles. The number of methoxy groups -OCH3 is 2. The van der Waals surface area contributed by atoms with Gasteiger partial charge in [0.25, 0.3) is 5.91 Å². The lowest BCUT2D eigenvalue weighted by atomic mass is 9.95. The highest BCUT2D eigenvalue weighted by Crippen LogP contribution is 2.43. The molecule has 8 heteroatoms. The van der Waals surface area contributed by atoms with Gasteiger partial charge in [0.15, 0.2) is 11.5 Å². The van der Waals surface area contributed by atoms with Crippen LogP contribution in [-0.4, -0.2) is 41.8 Å². The van der Waals surface area contributed by atoms with Gasteiger partial charge >= 0.3 is 0 Å². The Kier molecular flexibility index (Phi) is 8.07. The van der Waals surface area contributed by atoms with E-state index < -0.39 is 0 Å². The molecule has 1 aliphatic heterocycles. The second kappa shape index (κ2) is 12.2. The van der Waals surface area contributed by atoms with E-state index in [0.717, 1.165) is 44.8 Å². The molecule has 1 unspecified atom stereocenters. The summed E-state index contributed by atoms with van der Waals surface area (Å²) in [5.74, 6) is 2.00. The number of hydrogen-bond acceptors (Lipinski definition) is 5. The lowest BCUT2D eigenvalue weighted by Crippen LogP contribution is -2.31. The zero-order valence-corrected chi connectivity index (χ0v) is 25.0. The number of rotatable bonds is 10. The number of carbonyl (C=O) groups is 1. The Morgan fingerprint density at radius 2 is 1.56 bits per heavy atom. The van der Waals surface area contributed by atoms with Crippen LogP contribution in [-0.2, 0) is 13.0 Å². The van der Waals surface area contributed by atoms with Crippen LogP contribution in [0.3, 0.4) is 0 Å². The highest BCUT2D eigenvalue weighted by Gasteiger charge is 2.42. The van der Waals surface area contributed by atoms with Crippen molar-refractivity contribution in [3.63, 3.8) is 0 Å². The number of halogens is 1. The molecule has 218 valence electrons. The van der Waals surface area contributed by atoms with Gasteiger partial charge in [0.05, 0.1) is 26.0 Å². The maximum Gasteiger partial charge on any atom is 0.273 e. The number of amides is 1. The summed E-state index contributed by atoms with van der Waals surface area (Å²) in [5, 5.41) is 8.35. The van der Waals surface area contributed by atoms with E-state index in [1.54, 1.807) is 14.2 Å². The van der Waals surface area contributed by atoms with Gasteiger partial charge < -0.3 is 19.1 Å². The van der Waals surface area contributed by atoms with E-state index >= 15 is 0 Å². The van der Waals surface area contributed by atoms with Crippen molar-refractivity contribution in [2.75, 3.05) is 20.8 Å². The van der Waals surface area contributed by atoms with Gasteiger partial charge in [-0.3, -0.25) is 9.89 Å². The van der Waals surface area contributed by atoms with Crippen molar-refractivity contribution in [3.05, 3.63) is 130 Å². The number of aromatic amines is 1. The first kappa shape index (κ1) is 28.4. The van der Waals surface area contributed by atoms with Gasteiger partial charge in [-0.05, 0) is 66.4 Å². The number of carbonyl (C=O) groups excluding carboxylic acids is 1. The fraction of sp³-hybridized carbons (Fsp3) is 0.200. The molecule has 0 aliphatic carbocycles. The predicted molar refractivity (Wildman–Crippen MR) is 167 cm³/mol. The lowest BCUT2D eigenvalue weighted by molar-refractivity contribution is 0.0746. The van der Waals surface area contributed by atoms with Crippen LogP contribution in [0.5, 0.6) is 17.2 Å². The third kappa shape index (κ3) is 5.81. The Labute approximate surface area is 256 Å². The first-order valence-corrected chi connectivity index (χ1v) is 14.5. The molecule has 0 fully saturated rings. The fourth-order valence-electron chi connectivity index (χ4n) is 5.48. The Hall–Kier alpha value is -4.75. The normalized spacial score (nSPS) is 14.1. The average Bonchev–Trinajstić information content (AvgIpc) is 3.58. The molecule has 1 N–H and O–H groups in total. The summed E-state index contributed by atoms with van der Waals surface area (Å²) in [4.78, 5) is 15.8. The Balaban J connectivity index is 1.30. The van der Waals surface area contributed by atoms with Crippen LogP contribution in [0.4, 0.5) is 0 Å². The summed E-state index contributed by atoms with van der Waals surface area (Å²) in [6, 6.07) is 29.3. The molecule has 1 atom stereocenters. The number of nitrogens with zero attached hydrogens (tertiary/aromatic N) is 2. The van der Waals surface area contributed by atoms with Crippen LogP contribution in [0.25, 0.3) is 11.3 Å². The van der Waals surface area contributed by atoms with Gasteiger partial charge in [0.1, 0.15) is 18.1 Å². The molecule has 1 aromatic heterocycles. The second-order valence-corrected chi connectivity index (χ2v) is 11.0. The molecule has 4 aromatic carbocycles. The van der Waals surface area contributed by atoms with Gasteiger partial charge in [-0.15, -0.1) is 0 Å². The first-order chi connectivity index (χ1) is 20.9. The molecule has 7 nitrogen and oxygen atoms in total. The van der Waals surface area contributed by atoms with Gasteiger partial charge in [0.2, 0.25) is 0 Å². The highest BCUT2D eigenvalue weighted by atomic mass is 35.5. The van der Waals surface area contributed by atoms with Crippen molar-refractivity contribution in [2.45, 2.75) is 26.0 Å². The quantitative estimate of drug-likeness (QED) is 0.182. The highest BCUT2D eigenvalue weighted by molar-refractivity contribution is 6.30. The topological polar surface area (TPSA) is 76.7 Å². The van der Waals surface area contributed by atoms with Crippen molar-refractivity contribution in [3.8, 4) is 28.5 Å². The Morgan fingerprint density at radius 3 is 2.26 bits per heavy atom.